The Bertz CT molecular complexity index is 1310. The lowest BCUT2D eigenvalue weighted by Gasteiger charge is -2.16. The molecule has 0 unspecified atom stereocenters. The van der Waals surface area contributed by atoms with E-state index in [1.165, 1.54) is 4.68 Å². The van der Waals surface area contributed by atoms with Gasteiger partial charge in [0, 0.05) is 5.56 Å². The van der Waals surface area contributed by atoms with Crippen molar-refractivity contribution in [2.75, 3.05) is 7.11 Å². The van der Waals surface area contributed by atoms with Crippen molar-refractivity contribution >= 4 is 11.6 Å². The monoisotopic (exact) mass is 446 g/mol. The van der Waals surface area contributed by atoms with Crippen molar-refractivity contribution in [2.24, 2.45) is 0 Å². The molecule has 0 radical (unpaired) electrons. The fourth-order valence-corrected chi connectivity index (χ4v) is 3.70. The van der Waals surface area contributed by atoms with Gasteiger partial charge in [-0.25, -0.2) is 4.68 Å². The summed E-state index contributed by atoms with van der Waals surface area (Å²) < 4.78 is 12.6. The fourth-order valence-electron chi connectivity index (χ4n) is 3.45. The molecule has 0 atom stereocenters. The van der Waals surface area contributed by atoms with E-state index >= 15 is 0 Å². The zero-order valence-corrected chi connectivity index (χ0v) is 18.9. The maximum Gasteiger partial charge on any atom is 0.311 e. The molecule has 5 nitrogen and oxygen atoms in total. The Kier molecular flexibility index (Phi) is 6.28. The minimum atomic E-state index is -0.397. The molecular formula is C26H23ClN2O3. The van der Waals surface area contributed by atoms with Gasteiger partial charge < -0.3 is 9.47 Å². The number of aryl methyl sites for hydroxylation is 2. The molecule has 0 aliphatic heterocycles. The lowest BCUT2D eigenvalue weighted by atomic mass is 10.1. The number of hydrogen-bond acceptors (Lipinski definition) is 4. The molecule has 1 heterocycles. The number of nitrogens with zero attached hydrogens (tertiary/aromatic N) is 2. The van der Waals surface area contributed by atoms with Gasteiger partial charge in [-0.2, -0.15) is 5.10 Å². The van der Waals surface area contributed by atoms with Gasteiger partial charge in [-0.1, -0.05) is 60.1 Å². The van der Waals surface area contributed by atoms with E-state index in [1.807, 2.05) is 62.4 Å². The number of halogens is 1. The largest absolute Gasteiger partial charge is 0.497 e. The van der Waals surface area contributed by atoms with E-state index in [4.69, 9.17) is 21.1 Å². The summed E-state index contributed by atoms with van der Waals surface area (Å²) >= 11 is 6.71. The first-order valence-corrected chi connectivity index (χ1v) is 10.6. The highest BCUT2D eigenvalue weighted by Gasteiger charge is 2.21. The molecule has 1 aromatic heterocycles. The number of hydrogen-bond donors (Lipinski definition) is 0. The average Bonchev–Trinajstić information content (AvgIpc) is 2.81. The summed E-state index contributed by atoms with van der Waals surface area (Å²) in [4.78, 5) is 13.4. The molecule has 0 N–H and O–H groups in total. The third kappa shape index (κ3) is 4.39. The van der Waals surface area contributed by atoms with Crippen molar-refractivity contribution in [3.8, 4) is 28.5 Å². The number of methoxy groups -OCH3 is 1. The van der Waals surface area contributed by atoms with E-state index in [-0.39, 0.29) is 10.8 Å². The van der Waals surface area contributed by atoms with Crippen molar-refractivity contribution in [1.29, 1.82) is 0 Å². The van der Waals surface area contributed by atoms with E-state index in [0.29, 0.717) is 23.7 Å². The SMILES string of the molecule is COc1ccc(Oc2c(Cl)c(-c3ccccc3C)nn(Cc3ccccc3C)c2=O)cc1. The highest BCUT2D eigenvalue weighted by Crippen LogP contribution is 2.35. The Hall–Kier alpha value is -3.57. The molecule has 3 aromatic carbocycles. The summed E-state index contributed by atoms with van der Waals surface area (Å²) in [7, 11) is 1.59. The molecule has 162 valence electrons. The second-order valence-corrected chi connectivity index (χ2v) is 7.85. The van der Waals surface area contributed by atoms with E-state index in [2.05, 4.69) is 5.10 Å². The summed E-state index contributed by atoms with van der Waals surface area (Å²) in [6, 6.07) is 22.7. The van der Waals surface area contributed by atoms with Crippen LogP contribution in [0.2, 0.25) is 5.02 Å². The molecule has 4 aromatic rings. The van der Waals surface area contributed by atoms with Crippen molar-refractivity contribution < 1.29 is 9.47 Å². The van der Waals surface area contributed by atoms with Gasteiger partial charge in [-0.15, -0.1) is 0 Å². The van der Waals surface area contributed by atoms with Crippen molar-refractivity contribution in [1.82, 2.24) is 9.78 Å². The molecule has 0 spiro atoms. The lowest BCUT2D eigenvalue weighted by Crippen LogP contribution is -2.26. The third-order valence-electron chi connectivity index (χ3n) is 5.32. The van der Waals surface area contributed by atoms with Crippen molar-refractivity contribution in [3.63, 3.8) is 0 Å². The standard InChI is InChI=1S/C26H23ClN2O3/c1-17-8-4-6-10-19(17)16-29-26(30)25(32-21-14-12-20(31-3)13-15-21)23(27)24(28-29)22-11-7-5-9-18(22)2/h4-15H,16H2,1-3H3. The van der Waals surface area contributed by atoms with E-state index in [9.17, 15) is 4.79 Å². The van der Waals surface area contributed by atoms with Gasteiger partial charge >= 0.3 is 5.56 Å². The molecule has 0 fully saturated rings. The van der Waals surface area contributed by atoms with Crippen LogP contribution in [-0.4, -0.2) is 16.9 Å². The third-order valence-corrected chi connectivity index (χ3v) is 5.67. The molecule has 0 aliphatic carbocycles. The normalized spacial score (nSPS) is 10.8. The summed E-state index contributed by atoms with van der Waals surface area (Å²) in [5.74, 6) is 1.21. The first-order valence-electron chi connectivity index (χ1n) is 10.2. The quantitative estimate of drug-likeness (QED) is 0.363. The van der Waals surface area contributed by atoms with Gasteiger partial charge in [-0.3, -0.25) is 4.79 Å². The van der Waals surface area contributed by atoms with Gasteiger partial charge in [0.1, 0.15) is 22.2 Å². The summed E-state index contributed by atoms with van der Waals surface area (Å²) in [5.41, 5.74) is 4.02. The van der Waals surface area contributed by atoms with Crippen LogP contribution in [0.1, 0.15) is 16.7 Å². The Morgan fingerprint density at radius 2 is 1.50 bits per heavy atom. The number of aromatic nitrogens is 2. The zero-order valence-electron chi connectivity index (χ0n) is 18.1. The molecule has 6 heteroatoms. The van der Waals surface area contributed by atoms with E-state index in [1.54, 1.807) is 31.4 Å². The summed E-state index contributed by atoms with van der Waals surface area (Å²) in [5, 5.41) is 4.82. The molecule has 0 bridgehead atoms. The van der Waals surface area contributed by atoms with Crippen LogP contribution in [0, 0.1) is 13.8 Å². The number of ether oxygens (including phenoxy) is 2. The highest BCUT2D eigenvalue weighted by atomic mass is 35.5. The van der Waals surface area contributed by atoms with Crippen molar-refractivity contribution in [2.45, 2.75) is 20.4 Å². The van der Waals surface area contributed by atoms with E-state index in [0.717, 1.165) is 22.3 Å². The van der Waals surface area contributed by atoms with Gasteiger partial charge in [0.15, 0.2) is 0 Å². The van der Waals surface area contributed by atoms with Crippen LogP contribution < -0.4 is 15.0 Å². The predicted octanol–water partition coefficient (Wildman–Crippen LogP) is 6.03. The molecule has 32 heavy (non-hydrogen) atoms. The summed E-state index contributed by atoms with van der Waals surface area (Å²) in [6.07, 6.45) is 0. The van der Waals surface area contributed by atoms with Gasteiger partial charge in [0.05, 0.1) is 13.7 Å². The maximum absolute atomic E-state index is 13.4. The first-order chi connectivity index (χ1) is 15.5. The van der Waals surface area contributed by atoms with Crippen LogP contribution in [-0.2, 0) is 6.54 Å². The van der Waals surface area contributed by atoms with Gasteiger partial charge in [0.2, 0.25) is 5.75 Å². The minimum absolute atomic E-state index is 0.0404. The topological polar surface area (TPSA) is 53.4 Å². The maximum atomic E-state index is 13.4. The smallest absolute Gasteiger partial charge is 0.311 e. The molecular weight excluding hydrogens is 424 g/mol. The second kappa shape index (κ2) is 9.28. The van der Waals surface area contributed by atoms with Crippen LogP contribution >= 0.6 is 11.6 Å². The number of rotatable bonds is 6. The molecule has 4 rings (SSSR count). The number of benzene rings is 3. The Labute approximate surface area is 191 Å². The summed E-state index contributed by atoms with van der Waals surface area (Å²) in [6.45, 7) is 4.29. The van der Waals surface area contributed by atoms with Crippen LogP contribution in [0.5, 0.6) is 17.2 Å². The average molecular weight is 447 g/mol. The predicted molar refractivity (Wildman–Crippen MR) is 127 cm³/mol. The fraction of sp³-hybridized carbons (Fsp3) is 0.154. The minimum Gasteiger partial charge on any atom is -0.497 e. The zero-order chi connectivity index (χ0) is 22.7. The van der Waals surface area contributed by atoms with Crippen LogP contribution in [0.25, 0.3) is 11.3 Å². The molecule has 0 saturated heterocycles. The van der Waals surface area contributed by atoms with Crippen LogP contribution in [0.4, 0.5) is 0 Å². The Morgan fingerprint density at radius 1 is 0.875 bits per heavy atom. The van der Waals surface area contributed by atoms with Crippen molar-refractivity contribution in [3.05, 3.63) is 105 Å². The Morgan fingerprint density at radius 3 is 2.16 bits per heavy atom. The first kappa shape index (κ1) is 21.7. The molecule has 0 saturated carbocycles. The highest BCUT2D eigenvalue weighted by molar-refractivity contribution is 6.34. The molecule has 0 amide bonds. The van der Waals surface area contributed by atoms with E-state index < -0.39 is 5.56 Å². The van der Waals surface area contributed by atoms with Crippen LogP contribution in [0.3, 0.4) is 0 Å². The second-order valence-electron chi connectivity index (χ2n) is 7.47. The lowest BCUT2D eigenvalue weighted by molar-refractivity contribution is 0.412. The molecule has 0 aliphatic rings. The Balaban J connectivity index is 1.87. The van der Waals surface area contributed by atoms with Gasteiger partial charge in [-0.05, 0) is 54.8 Å². The van der Waals surface area contributed by atoms with Crippen LogP contribution in [0.15, 0.2) is 77.6 Å². The van der Waals surface area contributed by atoms with Gasteiger partial charge in [0.25, 0.3) is 0 Å².